The molecule has 0 saturated heterocycles. The van der Waals surface area contributed by atoms with Crippen molar-refractivity contribution in [1.82, 2.24) is 15.3 Å². The third kappa shape index (κ3) is 4.46. The molecule has 2 N–H and O–H groups in total. The van der Waals surface area contributed by atoms with Crippen LogP contribution in [0.25, 0.3) is 0 Å². The minimum absolute atomic E-state index is 0.167. The molecule has 0 saturated carbocycles. The number of nitrogens with zero attached hydrogens (tertiary/aromatic N) is 1. The summed E-state index contributed by atoms with van der Waals surface area (Å²) in [6.07, 6.45) is 2.98. The van der Waals surface area contributed by atoms with Gasteiger partial charge >= 0.3 is 6.09 Å². The van der Waals surface area contributed by atoms with Crippen LogP contribution < -0.4 is 5.32 Å². The van der Waals surface area contributed by atoms with E-state index in [1.54, 1.807) is 12.4 Å². The average molecular weight is 239 g/mol. The summed E-state index contributed by atoms with van der Waals surface area (Å²) in [5.74, 6) is 0.972. The van der Waals surface area contributed by atoms with Gasteiger partial charge in [-0.3, -0.25) is 0 Å². The standard InChI is InChI=1S/C12H21N3O2/c1-8(2)9(10-13-6-7-14-10)15-11(16)17-12(3,4)5/h6-9H,1-5H3,(H,13,14)(H,15,16)/t9-/m0/s1. The number of hydrogen-bond donors (Lipinski definition) is 2. The molecule has 0 aliphatic heterocycles. The predicted octanol–water partition coefficient (Wildman–Crippen LogP) is 2.63. The molecule has 5 heteroatoms. The number of H-pyrrole nitrogens is 1. The van der Waals surface area contributed by atoms with Crippen molar-refractivity contribution in [2.75, 3.05) is 0 Å². The smallest absolute Gasteiger partial charge is 0.408 e. The summed E-state index contributed by atoms with van der Waals surface area (Å²) in [6, 6.07) is -0.167. The Hall–Kier alpha value is -1.52. The van der Waals surface area contributed by atoms with E-state index < -0.39 is 11.7 Å². The molecule has 1 heterocycles. The first-order valence-electron chi connectivity index (χ1n) is 5.78. The van der Waals surface area contributed by atoms with Gasteiger partial charge in [-0.15, -0.1) is 0 Å². The Labute approximate surface area is 102 Å². The molecule has 1 aromatic rings. The Bertz CT molecular complexity index is 352. The zero-order chi connectivity index (χ0) is 13.1. The second-order valence-electron chi connectivity index (χ2n) is 5.34. The summed E-state index contributed by atoms with van der Waals surface area (Å²) < 4.78 is 5.22. The molecule has 96 valence electrons. The predicted molar refractivity (Wildman–Crippen MR) is 65.5 cm³/mol. The lowest BCUT2D eigenvalue weighted by Gasteiger charge is -2.24. The summed E-state index contributed by atoms with van der Waals surface area (Å²) in [6.45, 7) is 9.55. The van der Waals surface area contributed by atoms with Crippen molar-refractivity contribution < 1.29 is 9.53 Å². The lowest BCUT2D eigenvalue weighted by atomic mass is 10.0. The molecular formula is C12H21N3O2. The first kappa shape index (κ1) is 13.5. The Morgan fingerprint density at radius 2 is 2.12 bits per heavy atom. The Morgan fingerprint density at radius 3 is 2.53 bits per heavy atom. The highest BCUT2D eigenvalue weighted by Gasteiger charge is 2.23. The van der Waals surface area contributed by atoms with E-state index in [4.69, 9.17) is 4.74 Å². The molecule has 1 amide bonds. The number of aromatic amines is 1. The van der Waals surface area contributed by atoms with E-state index in [9.17, 15) is 4.79 Å². The molecule has 0 aromatic carbocycles. The number of aromatic nitrogens is 2. The lowest BCUT2D eigenvalue weighted by molar-refractivity contribution is 0.0486. The van der Waals surface area contributed by atoms with Crippen molar-refractivity contribution in [2.24, 2.45) is 5.92 Å². The van der Waals surface area contributed by atoms with E-state index in [0.29, 0.717) is 0 Å². The fourth-order valence-electron chi connectivity index (χ4n) is 1.43. The lowest BCUT2D eigenvalue weighted by Crippen LogP contribution is -2.37. The summed E-state index contributed by atoms with van der Waals surface area (Å²) >= 11 is 0. The minimum atomic E-state index is -0.491. The first-order valence-corrected chi connectivity index (χ1v) is 5.78. The highest BCUT2D eigenvalue weighted by atomic mass is 16.6. The van der Waals surface area contributed by atoms with Crippen LogP contribution in [0.1, 0.15) is 46.5 Å². The summed E-state index contributed by atoms with van der Waals surface area (Å²) in [5, 5.41) is 2.82. The number of carbonyl (C=O) groups is 1. The highest BCUT2D eigenvalue weighted by Crippen LogP contribution is 2.18. The molecule has 0 unspecified atom stereocenters. The quantitative estimate of drug-likeness (QED) is 0.852. The molecular weight excluding hydrogens is 218 g/mol. The van der Waals surface area contributed by atoms with Crippen LogP contribution in [0.2, 0.25) is 0 Å². The summed E-state index contributed by atoms with van der Waals surface area (Å²) in [7, 11) is 0. The second kappa shape index (κ2) is 5.21. The van der Waals surface area contributed by atoms with Gasteiger partial charge in [-0.1, -0.05) is 13.8 Å². The van der Waals surface area contributed by atoms with Crippen molar-refractivity contribution in [1.29, 1.82) is 0 Å². The van der Waals surface area contributed by atoms with Gasteiger partial charge in [0.25, 0.3) is 0 Å². The maximum Gasteiger partial charge on any atom is 0.408 e. The van der Waals surface area contributed by atoms with E-state index in [1.807, 2.05) is 34.6 Å². The van der Waals surface area contributed by atoms with Crippen LogP contribution in [0.3, 0.4) is 0 Å². The summed E-state index contributed by atoms with van der Waals surface area (Å²) in [4.78, 5) is 18.9. The van der Waals surface area contributed by atoms with Crippen LogP contribution in [0, 0.1) is 5.92 Å². The second-order valence-corrected chi connectivity index (χ2v) is 5.34. The molecule has 5 nitrogen and oxygen atoms in total. The van der Waals surface area contributed by atoms with E-state index in [2.05, 4.69) is 15.3 Å². The van der Waals surface area contributed by atoms with Crippen LogP contribution in [0.4, 0.5) is 4.79 Å². The van der Waals surface area contributed by atoms with E-state index >= 15 is 0 Å². The van der Waals surface area contributed by atoms with Crippen molar-refractivity contribution in [2.45, 2.75) is 46.3 Å². The third-order valence-electron chi connectivity index (χ3n) is 2.15. The SMILES string of the molecule is CC(C)[C@H](NC(=O)OC(C)(C)C)c1ncc[nH]1. The molecule has 0 fully saturated rings. The Morgan fingerprint density at radius 1 is 1.47 bits per heavy atom. The zero-order valence-electron chi connectivity index (χ0n) is 11.1. The maximum absolute atomic E-state index is 11.7. The molecule has 0 spiro atoms. The number of amides is 1. The fourth-order valence-corrected chi connectivity index (χ4v) is 1.43. The largest absolute Gasteiger partial charge is 0.444 e. The van der Waals surface area contributed by atoms with E-state index in [1.165, 1.54) is 0 Å². The van der Waals surface area contributed by atoms with Crippen molar-refractivity contribution in [3.63, 3.8) is 0 Å². The molecule has 0 aliphatic carbocycles. The van der Waals surface area contributed by atoms with E-state index in [-0.39, 0.29) is 12.0 Å². The Balaban J connectivity index is 2.66. The maximum atomic E-state index is 11.7. The van der Waals surface area contributed by atoms with Gasteiger partial charge in [0.2, 0.25) is 0 Å². The topological polar surface area (TPSA) is 67.0 Å². The zero-order valence-corrected chi connectivity index (χ0v) is 11.1. The monoisotopic (exact) mass is 239 g/mol. The number of alkyl carbamates (subject to hydrolysis) is 1. The van der Waals surface area contributed by atoms with Gasteiger partial charge in [0.15, 0.2) is 0 Å². The molecule has 0 radical (unpaired) electrons. The van der Waals surface area contributed by atoms with Gasteiger partial charge in [0, 0.05) is 12.4 Å². The number of imidazole rings is 1. The fraction of sp³-hybridized carbons (Fsp3) is 0.667. The molecule has 0 aliphatic rings. The van der Waals surface area contributed by atoms with E-state index in [0.717, 1.165) is 5.82 Å². The summed E-state index contributed by atoms with van der Waals surface area (Å²) in [5.41, 5.74) is -0.491. The molecule has 1 aromatic heterocycles. The minimum Gasteiger partial charge on any atom is -0.444 e. The molecule has 1 atom stereocenters. The van der Waals surface area contributed by atoms with Crippen LogP contribution in [-0.2, 0) is 4.74 Å². The van der Waals surface area contributed by atoms with Crippen LogP contribution in [0.5, 0.6) is 0 Å². The average Bonchev–Trinajstić information content (AvgIpc) is 2.63. The number of rotatable bonds is 3. The van der Waals surface area contributed by atoms with Crippen molar-refractivity contribution in [3.8, 4) is 0 Å². The number of carbonyl (C=O) groups excluding carboxylic acids is 1. The van der Waals surface area contributed by atoms with Crippen molar-refractivity contribution >= 4 is 6.09 Å². The molecule has 1 rings (SSSR count). The molecule has 17 heavy (non-hydrogen) atoms. The number of ether oxygens (including phenoxy) is 1. The van der Waals surface area contributed by atoms with Gasteiger partial charge in [-0.05, 0) is 26.7 Å². The highest BCUT2D eigenvalue weighted by molar-refractivity contribution is 5.68. The van der Waals surface area contributed by atoms with Gasteiger partial charge in [0.1, 0.15) is 11.4 Å². The van der Waals surface area contributed by atoms with Gasteiger partial charge in [-0.25, -0.2) is 9.78 Å². The van der Waals surface area contributed by atoms with Crippen LogP contribution in [0.15, 0.2) is 12.4 Å². The van der Waals surface area contributed by atoms with Gasteiger partial charge in [-0.2, -0.15) is 0 Å². The Kier molecular flexibility index (Phi) is 4.15. The van der Waals surface area contributed by atoms with Crippen molar-refractivity contribution in [3.05, 3.63) is 18.2 Å². The number of hydrogen-bond acceptors (Lipinski definition) is 3. The van der Waals surface area contributed by atoms with Crippen LogP contribution >= 0.6 is 0 Å². The molecule has 0 bridgehead atoms. The number of nitrogens with one attached hydrogen (secondary N) is 2. The van der Waals surface area contributed by atoms with Gasteiger partial charge in [0.05, 0.1) is 6.04 Å². The third-order valence-corrected chi connectivity index (χ3v) is 2.15. The normalized spacial score (nSPS) is 13.5. The van der Waals surface area contributed by atoms with Crippen LogP contribution in [-0.4, -0.2) is 21.7 Å². The first-order chi connectivity index (χ1) is 7.79. The van der Waals surface area contributed by atoms with Gasteiger partial charge < -0.3 is 15.0 Å².